The van der Waals surface area contributed by atoms with Gasteiger partial charge in [0.1, 0.15) is 17.2 Å². The van der Waals surface area contributed by atoms with Gasteiger partial charge >= 0.3 is 0 Å². The second-order valence-electron chi connectivity index (χ2n) is 6.70. The fraction of sp³-hybridized carbons (Fsp3) is 0.625. The van der Waals surface area contributed by atoms with Gasteiger partial charge in [0, 0.05) is 31.4 Å². The lowest BCUT2D eigenvalue weighted by Crippen LogP contribution is -2.39. The minimum Gasteiger partial charge on any atom is -0.357 e. The van der Waals surface area contributed by atoms with E-state index in [0.717, 1.165) is 29.0 Å². The smallest absolute Gasteiger partial charge is 0.194 e. The molecule has 0 bridgehead atoms. The topological polar surface area (TPSA) is 71.2 Å². The van der Waals surface area contributed by atoms with E-state index in [1.54, 1.807) is 22.3 Å². The van der Waals surface area contributed by atoms with Gasteiger partial charge in [-0.2, -0.15) is 5.10 Å². The van der Waals surface area contributed by atoms with Crippen LogP contribution in [0.15, 0.2) is 16.7 Å². The Labute approximate surface area is 147 Å². The Morgan fingerprint density at radius 2 is 2.17 bits per heavy atom. The molecule has 2 rings (SSSR count). The van der Waals surface area contributed by atoms with Crippen LogP contribution in [0.3, 0.4) is 0 Å². The summed E-state index contributed by atoms with van der Waals surface area (Å²) in [5.41, 5.74) is 1.19. The molecule has 2 heterocycles. The number of thiazole rings is 1. The van der Waals surface area contributed by atoms with Crippen molar-refractivity contribution in [3.05, 3.63) is 28.2 Å². The van der Waals surface area contributed by atoms with Crippen LogP contribution in [0.4, 0.5) is 0 Å². The maximum absolute atomic E-state index is 4.71. The molecule has 0 radical (unpaired) electrons. The molecule has 0 unspecified atom stereocenters. The van der Waals surface area contributed by atoms with Crippen LogP contribution >= 0.6 is 11.3 Å². The molecule has 0 fully saturated rings. The monoisotopic (exact) mass is 349 g/mol. The molecule has 0 aliphatic heterocycles. The Bertz CT molecular complexity index is 681. The average Bonchev–Trinajstić information content (AvgIpc) is 3.13. The fourth-order valence-corrected chi connectivity index (χ4v) is 3.03. The number of hydrogen-bond donors (Lipinski definition) is 1. The van der Waals surface area contributed by atoms with E-state index in [4.69, 9.17) is 9.98 Å². The SMILES string of the molecule is CCNC(=NCc1nc(C(C)(C)C)cs1)N(C)Cc1ncnn1C. The first-order valence-electron chi connectivity index (χ1n) is 8.08. The molecule has 0 spiro atoms. The standard InChI is InChI=1S/C16H27N7S/c1-7-17-15(22(5)9-13-19-11-20-23(13)6)18-8-14-21-12(10-24-14)16(2,3)4/h10-11H,7-9H2,1-6H3,(H,17,18). The van der Waals surface area contributed by atoms with Gasteiger partial charge in [-0.05, 0) is 6.92 Å². The summed E-state index contributed by atoms with van der Waals surface area (Å²) < 4.78 is 1.77. The van der Waals surface area contributed by atoms with E-state index in [2.05, 4.69) is 48.5 Å². The van der Waals surface area contributed by atoms with E-state index in [9.17, 15) is 0 Å². The number of guanidine groups is 1. The maximum Gasteiger partial charge on any atom is 0.194 e. The van der Waals surface area contributed by atoms with Gasteiger partial charge in [0.25, 0.3) is 0 Å². The summed E-state index contributed by atoms with van der Waals surface area (Å²) in [5.74, 6) is 1.74. The highest BCUT2D eigenvalue weighted by atomic mass is 32.1. The first-order chi connectivity index (χ1) is 11.3. The van der Waals surface area contributed by atoms with Gasteiger partial charge in [0.15, 0.2) is 5.96 Å². The molecule has 1 N–H and O–H groups in total. The molecule has 0 aliphatic carbocycles. The van der Waals surface area contributed by atoms with Gasteiger partial charge in [-0.1, -0.05) is 20.8 Å². The molecule has 0 aromatic carbocycles. The zero-order valence-electron chi connectivity index (χ0n) is 15.4. The summed E-state index contributed by atoms with van der Waals surface area (Å²) >= 11 is 1.67. The Kier molecular flexibility index (Phi) is 5.93. The number of aliphatic imine (C=N–C) groups is 1. The number of nitrogens with zero attached hydrogens (tertiary/aromatic N) is 6. The minimum absolute atomic E-state index is 0.0744. The van der Waals surface area contributed by atoms with E-state index < -0.39 is 0 Å². The van der Waals surface area contributed by atoms with Gasteiger partial charge in [0.05, 0.1) is 18.8 Å². The highest BCUT2D eigenvalue weighted by Crippen LogP contribution is 2.24. The molecule has 0 saturated carbocycles. The lowest BCUT2D eigenvalue weighted by molar-refractivity contribution is 0.448. The third-order valence-electron chi connectivity index (χ3n) is 3.56. The Hall–Kier alpha value is -1.96. The van der Waals surface area contributed by atoms with Crippen molar-refractivity contribution in [2.75, 3.05) is 13.6 Å². The molecule has 0 atom stereocenters. The molecule has 2 aromatic rings. The Morgan fingerprint density at radius 3 is 2.71 bits per heavy atom. The molecule has 0 amide bonds. The van der Waals surface area contributed by atoms with Crippen molar-refractivity contribution in [2.45, 2.75) is 46.2 Å². The molecular formula is C16H27N7S. The summed E-state index contributed by atoms with van der Waals surface area (Å²) in [6.07, 6.45) is 1.57. The summed E-state index contributed by atoms with van der Waals surface area (Å²) in [4.78, 5) is 15.7. The van der Waals surface area contributed by atoms with E-state index >= 15 is 0 Å². The highest BCUT2D eigenvalue weighted by Gasteiger charge is 2.17. The average molecular weight is 350 g/mol. The first-order valence-corrected chi connectivity index (χ1v) is 8.96. The van der Waals surface area contributed by atoms with Crippen LogP contribution in [-0.2, 0) is 25.6 Å². The number of hydrogen-bond acceptors (Lipinski definition) is 5. The molecule has 7 nitrogen and oxygen atoms in total. The van der Waals surface area contributed by atoms with E-state index in [1.165, 1.54) is 0 Å². The van der Waals surface area contributed by atoms with Crippen LogP contribution in [0.5, 0.6) is 0 Å². The molecule has 0 saturated heterocycles. The normalized spacial score (nSPS) is 12.5. The highest BCUT2D eigenvalue weighted by molar-refractivity contribution is 7.09. The van der Waals surface area contributed by atoms with Crippen LogP contribution in [0.25, 0.3) is 0 Å². The van der Waals surface area contributed by atoms with Gasteiger partial charge in [-0.25, -0.2) is 15.0 Å². The summed E-state index contributed by atoms with van der Waals surface area (Å²) in [5, 5.41) is 10.6. The van der Waals surface area contributed by atoms with Gasteiger partial charge in [-0.15, -0.1) is 11.3 Å². The van der Waals surface area contributed by atoms with Gasteiger partial charge in [0.2, 0.25) is 0 Å². The Balaban J connectivity index is 2.07. The number of aromatic nitrogens is 4. The lowest BCUT2D eigenvalue weighted by atomic mass is 9.93. The van der Waals surface area contributed by atoms with Crippen molar-refractivity contribution in [2.24, 2.45) is 12.0 Å². The van der Waals surface area contributed by atoms with Crippen molar-refractivity contribution >= 4 is 17.3 Å². The Morgan fingerprint density at radius 1 is 1.42 bits per heavy atom. The molecule has 8 heteroatoms. The third kappa shape index (κ3) is 4.77. The third-order valence-corrected chi connectivity index (χ3v) is 4.40. The number of rotatable bonds is 5. The molecule has 2 aromatic heterocycles. The lowest BCUT2D eigenvalue weighted by Gasteiger charge is -2.21. The van der Waals surface area contributed by atoms with Crippen molar-refractivity contribution in [1.82, 2.24) is 30.0 Å². The first kappa shape index (κ1) is 18.4. The molecule has 132 valence electrons. The van der Waals surface area contributed by atoms with Gasteiger partial charge in [-0.3, -0.25) is 4.68 Å². The zero-order chi connectivity index (χ0) is 17.7. The quantitative estimate of drug-likeness (QED) is 0.662. The number of nitrogens with one attached hydrogen (secondary N) is 1. The second-order valence-corrected chi connectivity index (χ2v) is 7.65. The largest absolute Gasteiger partial charge is 0.357 e. The summed E-state index contributed by atoms with van der Waals surface area (Å²) in [7, 11) is 3.89. The predicted molar refractivity (Wildman–Crippen MR) is 98.1 cm³/mol. The summed E-state index contributed by atoms with van der Waals surface area (Å²) in [6, 6.07) is 0. The van der Waals surface area contributed by atoms with Crippen molar-refractivity contribution in [1.29, 1.82) is 0 Å². The van der Waals surface area contributed by atoms with Gasteiger partial charge < -0.3 is 10.2 Å². The van der Waals surface area contributed by atoms with Crippen molar-refractivity contribution in [3.8, 4) is 0 Å². The van der Waals surface area contributed by atoms with Crippen molar-refractivity contribution < 1.29 is 0 Å². The maximum atomic E-state index is 4.71. The molecular weight excluding hydrogens is 322 g/mol. The summed E-state index contributed by atoms with van der Waals surface area (Å²) in [6.45, 7) is 10.6. The van der Waals surface area contributed by atoms with Crippen LogP contribution < -0.4 is 5.32 Å². The fourth-order valence-electron chi connectivity index (χ4n) is 2.09. The predicted octanol–water partition coefficient (Wildman–Crippen LogP) is 2.17. The van der Waals surface area contributed by atoms with Crippen LogP contribution in [0, 0.1) is 0 Å². The van der Waals surface area contributed by atoms with Crippen LogP contribution in [0.1, 0.15) is 44.2 Å². The molecule has 0 aliphatic rings. The zero-order valence-corrected chi connectivity index (χ0v) is 16.2. The van der Waals surface area contributed by atoms with E-state index in [-0.39, 0.29) is 5.41 Å². The molecule has 24 heavy (non-hydrogen) atoms. The van der Waals surface area contributed by atoms with E-state index in [0.29, 0.717) is 13.1 Å². The van der Waals surface area contributed by atoms with Crippen LogP contribution in [0.2, 0.25) is 0 Å². The number of aryl methyl sites for hydroxylation is 1. The second kappa shape index (κ2) is 7.74. The van der Waals surface area contributed by atoms with Crippen molar-refractivity contribution in [3.63, 3.8) is 0 Å². The van der Waals surface area contributed by atoms with E-state index in [1.807, 2.05) is 19.0 Å². The minimum atomic E-state index is 0.0744. The van der Waals surface area contributed by atoms with Crippen LogP contribution in [-0.4, -0.2) is 44.2 Å².